The molecule has 1 aromatic heterocycles. The highest BCUT2D eigenvalue weighted by molar-refractivity contribution is 5.85. The van der Waals surface area contributed by atoms with E-state index < -0.39 is 0 Å². The normalized spacial score (nSPS) is 23.1. The summed E-state index contributed by atoms with van der Waals surface area (Å²) >= 11 is 0. The molecule has 2 atom stereocenters. The summed E-state index contributed by atoms with van der Waals surface area (Å²) in [5, 5.41) is 2.97. The third-order valence-electron chi connectivity index (χ3n) is 5.13. The molecule has 1 aromatic rings. The van der Waals surface area contributed by atoms with Crippen molar-refractivity contribution in [2.75, 3.05) is 40.0 Å². The van der Waals surface area contributed by atoms with E-state index >= 15 is 0 Å². The first-order valence-corrected chi connectivity index (χ1v) is 8.86. The molecule has 7 nitrogen and oxygen atoms in total. The molecule has 2 aliphatic rings. The van der Waals surface area contributed by atoms with Crippen LogP contribution in [-0.2, 0) is 19.1 Å². The summed E-state index contributed by atoms with van der Waals surface area (Å²) in [5.41, 5.74) is -0.345. The quantitative estimate of drug-likeness (QED) is 0.791. The molecule has 0 radical (unpaired) electrons. The number of aromatic nitrogens is 1. The molecule has 1 N–H and O–H groups in total. The molecule has 7 heteroatoms. The van der Waals surface area contributed by atoms with Gasteiger partial charge >= 0.3 is 0 Å². The molecule has 3 rings (SSSR count). The number of carbonyl (C=O) groups is 2. The van der Waals surface area contributed by atoms with Gasteiger partial charge in [0.2, 0.25) is 11.8 Å². The Morgan fingerprint density at radius 1 is 1.36 bits per heavy atom. The maximum atomic E-state index is 12.7. The molecule has 2 unspecified atom stereocenters. The zero-order valence-electron chi connectivity index (χ0n) is 14.9. The minimum Gasteiger partial charge on any atom is -0.384 e. The van der Waals surface area contributed by atoms with Gasteiger partial charge in [0.25, 0.3) is 0 Å². The lowest BCUT2D eigenvalue weighted by molar-refractivity contribution is -0.142. The van der Waals surface area contributed by atoms with E-state index in [1.165, 1.54) is 0 Å². The number of nitrogens with zero attached hydrogens (tertiary/aromatic N) is 2. The van der Waals surface area contributed by atoms with Gasteiger partial charge in [0, 0.05) is 39.1 Å². The number of ether oxygens (including phenoxy) is 2. The molecule has 25 heavy (non-hydrogen) atoms. The molecule has 138 valence electrons. The monoisotopic (exact) mass is 349 g/mol. The predicted octanol–water partition coefficient (Wildman–Crippen LogP) is 0.819. The van der Waals surface area contributed by atoms with Gasteiger partial charge in [0.05, 0.1) is 24.7 Å². The Morgan fingerprint density at radius 2 is 2.08 bits per heavy atom. The van der Waals surface area contributed by atoms with E-state index in [1.807, 2.05) is 40.9 Å². The first kappa shape index (κ1) is 17.9. The van der Waals surface area contributed by atoms with E-state index in [-0.39, 0.29) is 29.4 Å². The fourth-order valence-corrected chi connectivity index (χ4v) is 3.30. The zero-order valence-corrected chi connectivity index (χ0v) is 14.9. The van der Waals surface area contributed by atoms with Crippen LogP contribution < -0.4 is 5.32 Å². The van der Waals surface area contributed by atoms with Crippen LogP contribution in [0.5, 0.6) is 0 Å². The van der Waals surface area contributed by atoms with Crippen LogP contribution in [0, 0.1) is 5.41 Å². The summed E-state index contributed by atoms with van der Waals surface area (Å²) in [6, 6.07) is 3.59. The molecular formula is C18H27N3O4. The van der Waals surface area contributed by atoms with E-state index in [4.69, 9.17) is 9.47 Å². The number of amides is 2. The second kappa shape index (κ2) is 7.58. The van der Waals surface area contributed by atoms with Crippen LogP contribution in [0.3, 0.4) is 0 Å². The van der Waals surface area contributed by atoms with Crippen molar-refractivity contribution in [1.29, 1.82) is 0 Å². The number of nitrogens with one attached hydrogen (secondary N) is 1. The minimum absolute atomic E-state index is 0.0297. The summed E-state index contributed by atoms with van der Waals surface area (Å²) in [6.07, 6.45) is 5.36. The Balaban J connectivity index is 1.49. The molecule has 2 fully saturated rings. The minimum atomic E-state index is -0.345. The van der Waals surface area contributed by atoms with E-state index in [2.05, 4.69) is 5.32 Å². The van der Waals surface area contributed by atoms with Crippen LogP contribution in [0.4, 0.5) is 0 Å². The van der Waals surface area contributed by atoms with Crippen LogP contribution >= 0.6 is 0 Å². The van der Waals surface area contributed by atoms with Gasteiger partial charge in [0.1, 0.15) is 6.04 Å². The van der Waals surface area contributed by atoms with Crippen molar-refractivity contribution in [2.24, 2.45) is 5.41 Å². The molecule has 0 spiro atoms. The first-order chi connectivity index (χ1) is 12.1. The van der Waals surface area contributed by atoms with E-state index in [9.17, 15) is 9.59 Å². The highest BCUT2D eigenvalue weighted by Gasteiger charge is 2.49. The van der Waals surface area contributed by atoms with Crippen molar-refractivity contribution in [3.05, 3.63) is 24.5 Å². The number of rotatable bonds is 7. The van der Waals surface area contributed by atoms with Gasteiger partial charge in [-0.1, -0.05) is 0 Å². The Morgan fingerprint density at radius 3 is 2.72 bits per heavy atom. The fourth-order valence-electron chi connectivity index (χ4n) is 3.30. The summed E-state index contributed by atoms with van der Waals surface area (Å²) in [7, 11) is 1.62. The SMILES string of the molecule is COCC1(C(=O)NCC2CN(C(=O)C(C)n3cccc3)CCO2)CC1. The smallest absolute Gasteiger partial charge is 0.245 e. The topological polar surface area (TPSA) is 72.8 Å². The van der Waals surface area contributed by atoms with Crippen LogP contribution in [-0.4, -0.2) is 67.3 Å². The number of hydrogen-bond donors (Lipinski definition) is 1. The highest BCUT2D eigenvalue weighted by Crippen LogP contribution is 2.45. The van der Waals surface area contributed by atoms with Crippen LogP contribution in [0.1, 0.15) is 25.8 Å². The van der Waals surface area contributed by atoms with Gasteiger partial charge in [-0.15, -0.1) is 0 Å². The van der Waals surface area contributed by atoms with Crippen LogP contribution in [0.25, 0.3) is 0 Å². The predicted molar refractivity (Wildman–Crippen MR) is 92.0 cm³/mol. The maximum absolute atomic E-state index is 12.7. The second-order valence-corrected chi connectivity index (χ2v) is 7.01. The average Bonchev–Trinajstić information content (AvgIpc) is 3.21. The van der Waals surface area contributed by atoms with Crippen molar-refractivity contribution >= 4 is 11.8 Å². The average molecular weight is 349 g/mol. The fraction of sp³-hybridized carbons (Fsp3) is 0.667. The molecule has 2 heterocycles. The van der Waals surface area contributed by atoms with Crippen LogP contribution in [0.15, 0.2) is 24.5 Å². The Bertz CT molecular complexity index is 597. The molecule has 1 saturated carbocycles. The van der Waals surface area contributed by atoms with Gasteiger partial charge in [-0.2, -0.15) is 0 Å². The van der Waals surface area contributed by atoms with Crippen molar-refractivity contribution in [3.8, 4) is 0 Å². The maximum Gasteiger partial charge on any atom is 0.245 e. The summed E-state index contributed by atoms with van der Waals surface area (Å²) in [4.78, 5) is 26.8. The summed E-state index contributed by atoms with van der Waals surface area (Å²) in [5.74, 6) is 0.107. The van der Waals surface area contributed by atoms with Gasteiger partial charge in [-0.05, 0) is 31.9 Å². The number of methoxy groups -OCH3 is 1. The first-order valence-electron chi connectivity index (χ1n) is 8.86. The third kappa shape index (κ3) is 4.04. The molecule has 2 amide bonds. The van der Waals surface area contributed by atoms with Gasteiger partial charge in [-0.3, -0.25) is 9.59 Å². The van der Waals surface area contributed by atoms with Crippen LogP contribution in [0.2, 0.25) is 0 Å². The summed E-state index contributed by atoms with van der Waals surface area (Å²) in [6.45, 7) is 4.36. The lowest BCUT2D eigenvalue weighted by Crippen LogP contribution is -2.51. The molecule has 0 bridgehead atoms. The second-order valence-electron chi connectivity index (χ2n) is 7.01. The van der Waals surface area contributed by atoms with Crippen molar-refractivity contribution in [2.45, 2.75) is 31.9 Å². The number of morpholine rings is 1. The lowest BCUT2D eigenvalue weighted by atomic mass is 10.1. The summed E-state index contributed by atoms with van der Waals surface area (Å²) < 4.78 is 12.8. The van der Waals surface area contributed by atoms with Gasteiger partial charge < -0.3 is 24.3 Å². The standard InChI is InChI=1S/C18H27N3O4/c1-14(20-7-3-4-8-20)16(22)21-9-10-25-15(12-21)11-19-17(23)18(5-6-18)13-24-2/h3-4,7-8,14-15H,5-6,9-13H2,1-2H3,(H,19,23). The van der Waals surface area contributed by atoms with Crippen molar-refractivity contribution < 1.29 is 19.1 Å². The zero-order chi connectivity index (χ0) is 17.9. The van der Waals surface area contributed by atoms with E-state index in [0.29, 0.717) is 32.8 Å². The number of hydrogen-bond acceptors (Lipinski definition) is 4. The van der Waals surface area contributed by atoms with Crippen molar-refractivity contribution in [1.82, 2.24) is 14.8 Å². The molecule has 1 aliphatic heterocycles. The Labute approximate surface area is 148 Å². The van der Waals surface area contributed by atoms with Crippen molar-refractivity contribution in [3.63, 3.8) is 0 Å². The van der Waals surface area contributed by atoms with Gasteiger partial charge in [0.15, 0.2) is 0 Å². The number of carbonyl (C=O) groups excluding carboxylic acids is 2. The van der Waals surface area contributed by atoms with E-state index in [1.54, 1.807) is 7.11 Å². The lowest BCUT2D eigenvalue weighted by Gasteiger charge is -2.35. The largest absolute Gasteiger partial charge is 0.384 e. The van der Waals surface area contributed by atoms with Gasteiger partial charge in [-0.25, -0.2) is 0 Å². The highest BCUT2D eigenvalue weighted by atomic mass is 16.5. The third-order valence-corrected chi connectivity index (χ3v) is 5.13. The Kier molecular flexibility index (Phi) is 5.44. The Hall–Kier alpha value is -1.86. The molecule has 0 aromatic carbocycles. The van der Waals surface area contributed by atoms with E-state index in [0.717, 1.165) is 12.8 Å². The molecule has 1 aliphatic carbocycles. The molecular weight excluding hydrogens is 322 g/mol. The molecule has 1 saturated heterocycles.